The molecule has 0 aliphatic carbocycles. The number of benzene rings is 2. The Labute approximate surface area is 215 Å². The Morgan fingerprint density at radius 1 is 0.971 bits per heavy atom. The monoisotopic (exact) mass is 506 g/mol. The number of hydrogen-bond acceptors (Lipinski definition) is 2. The van der Waals surface area contributed by atoms with Gasteiger partial charge in [0, 0.05) is 29.2 Å². The highest BCUT2D eigenvalue weighted by Crippen LogP contribution is 2.42. The Hall–Kier alpha value is -2.86. The molecule has 2 unspecified atom stereocenters. The summed E-state index contributed by atoms with van der Waals surface area (Å²) in [7, 11) is 0. The number of aryl methyl sites for hydroxylation is 1. The van der Waals surface area contributed by atoms with Crippen molar-refractivity contribution < 1.29 is 0 Å². The van der Waals surface area contributed by atoms with Crippen molar-refractivity contribution >= 4 is 40.5 Å². The lowest BCUT2D eigenvalue weighted by Crippen LogP contribution is -2.29. The molecule has 0 saturated carbocycles. The highest BCUT2D eigenvalue weighted by molar-refractivity contribution is 7.80. The van der Waals surface area contributed by atoms with E-state index in [0.717, 1.165) is 27.9 Å². The van der Waals surface area contributed by atoms with Crippen LogP contribution in [0, 0.1) is 13.8 Å². The topological polar surface area (TPSA) is 33.1 Å². The molecule has 0 radical (unpaired) electrons. The third-order valence-corrected chi connectivity index (χ3v) is 7.22. The summed E-state index contributed by atoms with van der Waals surface area (Å²) in [6.07, 6.45) is 1.83. The van der Waals surface area contributed by atoms with Gasteiger partial charge in [0.05, 0.1) is 28.5 Å². The van der Waals surface area contributed by atoms with Crippen molar-refractivity contribution in [2.45, 2.75) is 32.5 Å². The van der Waals surface area contributed by atoms with Gasteiger partial charge in [-0.15, -0.1) is 0 Å². The molecule has 4 nitrogen and oxygen atoms in total. The third-order valence-electron chi connectivity index (χ3n) is 6.33. The Bertz CT molecular complexity index is 1340. The molecule has 7 heteroatoms. The summed E-state index contributed by atoms with van der Waals surface area (Å²) >= 11 is 18.6. The molecule has 1 N–H and O–H groups in total. The first kappa shape index (κ1) is 22.9. The van der Waals surface area contributed by atoms with Crippen molar-refractivity contribution in [3.63, 3.8) is 0 Å². The Morgan fingerprint density at radius 3 is 2.44 bits per heavy atom. The number of nitrogens with zero attached hydrogens (tertiary/aromatic N) is 3. The summed E-state index contributed by atoms with van der Waals surface area (Å²) in [5.41, 5.74) is 6.45. The lowest BCUT2D eigenvalue weighted by molar-refractivity contribution is 0.310. The normalized spacial score (nSPS) is 17.8. The van der Waals surface area contributed by atoms with Gasteiger partial charge in [0.2, 0.25) is 0 Å². The molecule has 0 bridgehead atoms. The Morgan fingerprint density at radius 2 is 1.74 bits per heavy atom. The average Bonchev–Trinajstić information content (AvgIpc) is 3.30. The standard InChI is InChI=1S/C27H24Cl2N4S/c1-17-14-21(18(2)33(17)24-12-11-20(28)15-22(24)29)26-25(23-10-6-7-13-30-23)31-27(34)32(26)16-19-8-4-3-5-9-19/h3-15,25-26H,16H2,1-2H3,(H,31,34). The summed E-state index contributed by atoms with van der Waals surface area (Å²) in [5.74, 6) is 0. The van der Waals surface area contributed by atoms with Gasteiger partial charge in [-0.2, -0.15) is 0 Å². The van der Waals surface area contributed by atoms with Crippen molar-refractivity contribution in [1.82, 2.24) is 19.8 Å². The first-order valence-electron chi connectivity index (χ1n) is 11.1. The molecule has 3 heterocycles. The van der Waals surface area contributed by atoms with Crippen molar-refractivity contribution in [2.75, 3.05) is 0 Å². The molecule has 172 valence electrons. The quantitative estimate of drug-likeness (QED) is 0.296. The van der Waals surface area contributed by atoms with Crippen LogP contribution in [0.25, 0.3) is 5.69 Å². The van der Waals surface area contributed by atoms with Gasteiger partial charge >= 0.3 is 0 Å². The highest BCUT2D eigenvalue weighted by atomic mass is 35.5. The summed E-state index contributed by atoms with van der Waals surface area (Å²) in [4.78, 5) is 6.93. The van der Waals surface area contributed by atoms with E-state index in [1.807, 2.05) is 36.5 Å². The molecule has 4 aromatic rings. The lowest BCUT2D eigenvalue weighted by atomic mass is 9.96. The number of hydrogen-bond donors (Lipinski definition) is 1. The number of halogens is 2. The molecule has 0 spiro atoms. The summed E-state index contributed by atoms with van der Waals surface area (Å²) in [6, 6.07) is 24.1. The minimum absolute atomic E-state index is 0.0337. The minimum atomic E-state index is -0.0768. The van der Waals surface area contributed by atoms with E-state index in [1.54, 1.807) is 6.07 Å². The molecule has 1 saturated heterocycles. The second-order valence-corrected chi connectivity index (χ2v) is 9.73. The van der Waals surface area contributed by atoms with Crippen LogP contribution in [-0.2, 0) is 6.54 Å². The molecular formula is C27H24Cl2N4S. The van der Waals surface area contributed by atoms with Crippen LogP contribution in [0.5, 0.6) is 0 Å². The van der Waals surface area contributed by atoms with E-state index >= 15 is 0 Å². The van der Waals surface area contributed by atoms with Crippen LogP contribution in [0.3, 0.4) is 0 Å². The molecule has 0 amide bonds. The second-order valence-electron chi connectivity index (χ2n) is 8.50. The zero-order chi connectivity index (χ0) is 23.8. The van der Waals surface area contributed by atoms with Crippen LogP contribution in [-0.4, -0.2) is 19.6 Å². The number of thiocarbonyl (C=S) groups is 1. The van der Waals surface area contributed by atoms with Gasteiger partial charge in [-0.3, -0.25) is 4.98 Å². The number of rotatable bonds is 5. The maximum absolute atomic E-state index is 6.60. The van der Waals surface area contributed by atoms with Crippen LogP contribution < -0.4 is 5.32 Å². The molecule has 1 aliphatic heterocycles. The van der Waals surface area contributed by atoms with Crippen molar-refractivity contribution in [1.29, 1.82) is 0 Å². The molecule has 2 aromatic heterocycles. The molecule has 2 atom stereocenters. The van der Waals surface area contributed by atoms with E-state index in [2.05, 4.69) is 70.0 Å². The molecule has 1 aliphatic rings. The van der Waals surface area contributed by atoms with E-state index in [4.69, 9.17) is 35.4 Å². The van der Waals surface area contributed by atoms with Crippen LogP contribution in [0.1, 0.15) is 40.3 Å². The van der Waals surface area contributed by atoms with Gasteiger partial charge in [-0.1, -0.05) is 59.6 Å². The zero-order valence-corrected chi connectivity index (χ0v) is 21.2. The second kappa shape index (κ2) is 9.41. The molecule has 2 aromatic carbocycles. The van der Waals surface area contributed by atoms with Crippen molar-refractivity contribution in [3.8, 4) is 5.69 Å². The fraction of sp³-hybridized carbons (Fsp3) is 0.185. The SMILES string of the molecule is Cc1cc(C2C(c3ccccn3)NC(=S)N2Cc2ccccc2)c(C)n1-c1ccc(Cl)cc1Cl. The van der Waals surface area contributed by atoms with Crippen LogP contribution in [0.2, 0.25) is 10.0 Å². The van der Waals surface area contributed by atoms with Crippen molar-refractivity contribution in [3.05, 3.63) is 117 Å². The minimum Gasteiger partial charge on any atom is -0.352 e. The van der Waals surface area contributed by atoms with Crippen LogP contribution >= 0.6 is 35.4 Å². The highest BCUT2D eigenvalue weighted by Gasteiger charge is 2.41. The predicted octanol–water partition coefficient (Wildman–Crippen LogP) is 6.97. The van der Waals surface area contributed by atoms with Gasteiger partial charge in [-0.25, -0.2) is 0 Å². The van der Waals surface area contributed by atoms with E-state index in [1.165, 1.54) is 11.1 Å². The fourth-order valence-corrected chi connectivity index (χ4v) is 5.61. The lowest BCUT2D eigenvalue weighted by Gasteiger charge is -2.28. The fourth-order valence-electron chi connectivity index (χ4n) is 4.81. The summed E-state index contributed by atoms with van der Waals surface area (Å²) in [5, 5.41) is 5.50. The Kier molecular flexibility index (Phi) is 6.34. The molecule has 1 fully saturated rings. The van der Waals surface area contributed by atoms with Gasteiger partial charge in [0.1, 0.15) is 0 Å². The van der Waals surface area contributed by atoms with Gasteiger partial charge < -0.3 is 14.8 Å². The predicted molar refractivity (Wildman–Crippen MR) is 143 cm³/mol. The van der Waals surface area contributed by atoms with Gasteiger partial charge in [-0.05, 0) is 73.6 Å². The average molecular weight is 507 g/mol. The van der Waals surface area contributed by atoms with E-state index in [0.29, 0.717) is 16.6 Å². The number of pyridine rings is 1. The van der Waals surface area contributed by atoms with Crippen LogP contribution in [0.4, 0.5) is 0 Å². The maximum Gasteiger partial charge on any atom is 0.170 e. The third kappa shape index (κ3) is 4.20. The van der Waals surface area contributed by atoms with Gasteiger partial charge in [0.25, 0.3) is 0 Å². The molecule has 5 rings (SSSR count). The summed E-state index contributed by atoms with van der Waals surface area (Å²) in [6.45, 7) is 4.93. The smallest absolute Gasteiger partial charge is 0.170 e. The first-order chi connectivity index (χ1) is 16.4. The van der Waals surface area contributed by atoms with Gasteiger partial charge in [0.15, 0.2) is 5.11 Å². The number of aromatic nitrogens is 2. The van der Waals surface area contributed by atoms with E-state index in [9.17, 15) is 0 Å². The molecular weight excluding hydrogens is 483 g/mol. The van der Waals surface area contributed by atoms with E-state index in [-0.39, 0.29) is 12.1 Å². The maximum atomic E-state index is 6.60. The zero-order valence-electron chi connectivity index (χ0n) is 18.9. The van der Waals surface area contributed by atoms with Crippen molar-refractivity contribution in [2.24, 2.45) is 0 Å². The number of nitrogens with one attached hydrogen (secondary N) is 1. The van der Waals surface area contributed by atoms with E-state index < -0.39 is 0 Å². The molecule has 34 heavy (non-hydrogen) atoms. The largest absolute Gasteiger partial charge is 0.352 e. The first-order valence-corrected chi connectivity index (χ1v) is 12.3. The summed E-state index contributed by atoms with van der Waals surface area (Å²) < 4.78 is 2.19. The van der Waals surface area contributed by atoms with Crippen LogP contribution in [0.15, 0.2) is 79.0 Å². The Balaban J connectivity index is 1.63.